The fourth-order valence-electron chi connectivity index (χ4n) is 1.65. The summed E-state index contributed by atoms with van der Waals surface area (Å²) in [6.45, 7) is 0. The third-order valence-electron chi connectivity index (χ3n) is 2.47. The zero-order valence-corrected chi connectivity index (χ0v) is 10.7. The summed E-state index contributed by atoms with van der Waals surface area (Å²) in [5, 5.41) is 0. The van der Waals surface area contributed by atoms with Crippen molar-refractivity contribution < 1.29 is 4.74 Å². The molecule has 0 aliphatic heterocycles. The van der Waals surface area contributed by atoms with Gasteiger partial charge in [0.15, 0.2) is 0 Å². The van der Waals surface area contributed by atoms with Crippen molar-refractivity contribution in [1.82, 2.24) is 0 Å². The van der Waals surface area contributed by atoms with Crippen LogP contribution in [-0.2, 0) is 6.42 Å². The van der Waals surface area contributed by atoms with Gasteiger partial charge < -0.3 is 4.74 Å². The summed E-state index contributed by atoms with van der Waals surface area (Å²) >= 11 is 3.45. The molecule has 0 atom stereocenters. The molecule has 0 amide bonds. The lowest BCUT2D eigenvalue weighted by molar-refractivity contribution is 0.411. The molecule has 0 saturated carbocycles. The van der Waals surface area contributed by atoms with Crippen LogP contribution in [0.5, 0.6) is 5.75 Å². The molecule has 0 aliphatic carbocycles. The Morgan fingerprint density at radius 2 is 1.75 bits per heavy atom. The van der Waals surface area contributed by atoms with Gasteiger partial charge in [-0.15, -0.1) is 0 Å². The van der Waals surface area contributed by atoms with Crippen molar-refractivity contribution in [3.63, 3.8) is 0 Å². The van der Waals surface area contributed by atoms with Crippen LogP contribution in [0.4, 0.5) is 0 Å². The summed E-state index contributed by atoms with van der Waals surface area (Å²) < 4.78 is 6.27. The molecule has 2 rings (SSSR count). The second-order valence-electron chi connectivity index (χ2n) is 3.63. The Labute approximate surface area is 104 Å². The summed E-state index contributed by atoms with van der Waals surface area (Å²) in [6.07, 6.45) is 0.935. The quantitative estimate of drug-likeness (QED) is 0.822. The highest BCUT2D eigenvalue weighted by molar-refractivity contribution is 9.10. The predicted molar refractivity (Wildman–Crippen MR) is 69.9 cm³/mol. The zero-order valence-electron chi connectivity index (χ0n) is 9.11. The van der Waals surface area contributed by atoms with Crippen molar-refractivity contribution in [3.8, 4) is 5.75 Å². The average molecular weight is 277 g/mol. The molecule has 0 N–H and O–H groups in total. The third kappa shape index (κ3) is 2.64. The molecule has 0 aliphatic rings. The van der Waals surface area contributed by atoms with Gasteiger partial charge in [0.2, 0.25) is 0 Å². The molecule has 0 aromatic heterocycles. The van der Waals surface area contributed by atoms with E-state index in [2.05, 4.69) is 52.3 Å². The van der Waals surface area contributed by atoms with Gasteiger partial charge in [0, 0.05) is 0 Å². The number of halogens is 1. The topological polar surface area (TPSA) is 9.23 Å². The minimum Gasteiger partial charge on any atom is -0.496 e. The molecule has 2 aromatic rings. The standard InChI is InChI=1S/C14H13BrO/c1-16-14-10-12(7-8-13(14)15)9-11-5-3-2-4-6-11/h2-8,10H,9H2,1H3. The number of hydrogen-bond donors (Lipinski definition) is 0. The maximum absolute atomic E-state index is 5.28. The molecular weight excluding hydrogens is 264 g/mol. The van der Waals surface area contributed by atoms with E-state index in [9.17, 15) is 0 Å². The number of rotatable bonds is 3. The van der Waals surface area contributed by atoms with Crippen molar-refractivity contribution >= 4 is 15.9 Å². The summed E-state index contributed by atoms with van der Waals surface area (Å²) in [6, 6.07) is 16.6. The number of benzene rings is 2. The van der Waals surface area contributed by atoms with Crippen LogP contribution in [-0.4, -0.2) is 7.11 Å². The molecule has 0 spiro atoms. The minimum atomic E-state index is 0.883. The molecule has 2 heteroatoms. The van der Waals surface area contributed by atoms with Gasteiger partial charge in [0.05, 0.1) is 11.6 Å². The zero-order chi connectivity index (χ0) is 11.4. The van der Waals surface area contributed by atoms with Gasteiger partial charge in [0.1, 0.15) is 5.75 Å². The van der Waals surface area contributed by atoms with Gasteiger partial charge in [-0.25, -0.2) is 0 Å². The van der Waals surface area contributed by atoms with Crippen LogP contribution in [0.15, 0.2) is 53.0 Å². The molecule has 1 nitrogen and oxygen atoms in total. The monoisotopic (exact) mass is 276 g/mol. The fourth-order valence-corrected chi connectivity index (χ4v) is 2.05. The van der Waals surface area contributed by atoms with E-state index in [4.69, 9.17) is 4.74 Å². The Morgan fingerprint density at radius 1 is 1.00 bits per heavy atom. The van der Waals surface area contributed by atoms with Gasteiger partial charge >= 0.3 is 0 Å². The number of methoxy groups -OCH3 is 1. The van der Waals surface area contributed by atoms with E-state index in [1.165, 1.54) is 11.1 Å². The highest BCUT2D eigenvalue weighted by Gasteiger charge is 2.02. The normalized spacial score (nSPS) is 10.1. The van der Waals surface area contributed by atoms with Gasteiger partial charge in [-0.1, -0.05) is 36.4 Å². The van der Waals surface area contributed by atoms with Crippen molar-refractivity contribution in [2.24, 2.45) is 0 Å². The van der Waals surface area contributed by atoms with Crippen molar-refractivity contribution in [2.75, 3.05) is 7.11 Å². The lowest BCUT2D eigenvalue weighted by Gasteiger charge is -2.06. The molecule has 0 radical (unpaired) electrons. The van der Waals surface area contributed by atoms with Gasteiger partial charge in [-0.05, 0) is 45.6 Å². The Hall–Kier alpha value is -1.28. The smallest absolute Gasteiger partial charge is 0.133 e. The van der Waals surface area contributed by atoms with Gasteiger partial charge in [0.25, 0.3) is 0 Å². The Bertz CT molecular complexity index is 465. The minimum absolute atomic E-state index is 0.883. The van der Waals surface area contributed by atoms with Gasteiger partial charge in [-0.3, -0.25) is 0 Å². The molecule has 0 saturated heterocycles. The van der Waals surface area contributed by atoms with E-state index in [1.54, 1.807) is 7.11 Å². The van der Waals surface area contributed by atoms with E-state index in [0.717, 1.165) is 16.6 Å². The SMILES string of the molecule is COc1cc(Cc2ccccc2)ccc1Br. The second kappa shape index (κ2) is 5.17. The maximum Gasteiger partial charge on any atom is 0.133 e. The lowest BCUT2D eigenvalue weighted by atomic mass is 10.1. The van der Waals surface area contributed by atoms with Crippen molar-refractivity contribution in [3.05, 3.63) is 64.1 Å². The summed E-state index contributed by atoms with van der Waals surface area (Å²) in [5.74, 6) is 0.883. The van der Waals surface area contributed by atoms with Crippen LogP contribution in [0.25, 0.3) is 0 Å². The van der Waals surface area contributed by atoms with Crippen molar-refractivity contribution in [1.29, 1.82) is 0 Å². The number of ether oxygens (including phenoxy) is 1. The molecule has 0 unspecified atom stereocenters. The summed E-state index contributed by atoms with van der Waals surface area (Å²) in [4.78, 5) is 0. The Kier molecular flexibility index (Phi) is 3.62. The molecule has 16 heavy (non-hydrogen) atoms. The first-order chi connectivity index (χ1) is 7.79. The van der Waals surface area contributed by atoms with Crippen LogP contribution < -0.4 is 4.74 Å². The predicted octanol–water partition coefficient (Wildman–Crippen LogP) is 4.05. The molecule has 0 fully saturated rings. The average Bonchev–Trinajstić information content (AvgIpc) is 2.33. The lowest BCUT2D eigenvalue weighted by Crippen LogP contribution is -1.90. The van der Waals surface area contributed by atoms with E-state index in [-0.39, 0.29) is 0 Å². The second-order valence-corrected chi connectivity index (χ2v) is 4.49. The van der Waals surface area contributed by atoms with E-state index in [0.29, 0.717) is 0 Å². The Balaban J connectivity index is 2.22. The van der Waals surface area contributed by atoms with Crippen LogP contribution in [0, 0.1) is 0 Å². The highest BCUT2D eigenvalue weighted by Crippen LogP contribution is 2.26. The van der Waals surface area contributed by atoms with E-state index < -0.39 is 0 Å². The molecular formula is C14H13BrO. The van der Waals surface area contributed by atoms with E-state index in [1.807, 2.05) is 12.1 Å². The summed E-state index contributed by atoms with van der Waals surface area (Å²) in [7, 11) is 1.69. The molecule has 82 valence electrons. The molecule has 0 bridgehead atoms. The molecule has 0 heterocycles. The van der Waals surface area contributed by atoms with Gasteiger partial charge in [-0.2, -0.15) is 0 Å². The fraction of sp³-hybridized carbons (Fsp3) is 0.143. The highest BCUT2D eigenvalue weighted by atomic mass is 79.9. The first-order valence-electron chi connectivity index (χ1n) is 5.16. The first-order valence-corrected chi connectivity index (χ1v) is 5.95. The van der Waals surface area contributed by atoms with Crippen LogP contribution in [0.1, 0.15) is 11.1 Å². The Morgan fingerprint density at radius 3 is 2.44 bits per heavy atom. The molecule has 2 aromatic carbocycles. The third-order valence-corrected chi connectivity index (χ3v) is 3.12. The first kappa shape index (κ1) is 11.2. The number of hydrogen-bond acceptors (Lipinski definition) is 1. The maximum atomic E-state index is 5.28. The summed E-state index contributed by atoms with van der Waals surface area (Å²) in [5.41, 5.74) is 2.57. The van der Waals surface area contributed by atoms with Crippen LogP contribution >= 0.6 is 15.9 Å². The van der Waals surface area contributed by atoms with Crippen molar-refractivity contribution in [2.45, 2.75) is 6.42 Å². The van der Waals surface area contributed by atoms with Crippen LogP contribution in [0.2, 0.25) is 0 Å². The van der Waals surface area contributed by atoms with E-state index >= 15 is 0 Å². The van der Waals surface area contributed by atoms with Crippen LogP contribution in [0.3, 0.4) is 0 Å². The largest absolute Gasteiger partial charge is 0.496 e.